The maximum atomic E-state index is 12.3. The predicted molar refractivity (Wildman–Crippen MR) is 104 cm³/mol. The van der Waals surface area contributed by atoms with Gasteiger partial charge in [0.15, 0.2) is 0 Å². The van der Waals surface area contributed by atoms with Crippen molar-refractivity contribution >= 4 is 17.3 Å². The quantitative estimate of drug-likeness (QED) is 0.784. The molecule has 0 bridgehead atoms. The molecular weight excluding hydrogens is 342 g/mol. The topological polar surface area (TPSA) is 83.4 Å². The van der Waals surface area contributed by atoms with E-state index in [0.29, 0.717) is 17.9 Å². The second-order valence-corrected chi connectivity index (χ2v) is 6.52. The van der Waals surface area contributed by atoms with Crippen LogP contribution in [-0.4, -0.2) is 31.3 Å². The number of carbonyl (C=O) groups excluding carboxylic acids is 1. The summed E-state index contributed by atoms with van der Waals surface area (Å²) in [5.74, 6) is 0.602. The Labute approximate surface area is 159 Å². The third-order valence-electron chi connectivity index (χ3n) is 4.35. The van der Waals surface area contributed by atoms with E-state index in [0.717, 1.165) is 30.9 Å². The summed E-state index contributed by atoms with van der Waals surface area (Å²) in [4.78, 5) is 12.3. The molecule has 3 rings (SSSR count). The molecule has 2 aromatic carbocycles. The van der Waals surface area contributed by atoms with Gasteiger partial charge in [-0.1, -0.05) is 6.07 Å². The summed E-state index contributed by atoms with van der Waals surface area (Å²) in [6.45, 7) is 3.16. The number of nitriles is 1. The number of hydrogen-bond acceptors (Lipinski definition) is 5. The van der Waals surface area contributed by atoms with Crippen LogP contribution < -0.4 is 15.4 Å². The number of rotatable bonds is 7. The molecule has 0 aliphatic carbocycles. The molecule has 2 aromatic rings. The van der Waals surface area contributed by atoms with E-state index in [9.17, 15) is 4.79 Å². The maximum absolute atomic E-state index is 12.3. The molecule has 2 atom stereocenters. The highest BCUT2D eigenvalue weighted by Gasteiger charge is 2.16. The van der Waals surface area contributed by atoms with Gasteiger partial charge in [-0.15, -0.1) is 0 Å². The zero-order valence-corrected chi connectivity index (χ0v) is 15.3. The van der Waals surface area contributed by atoms with Crippen molar-refractivity contribution in [2.45, 2.75) is 31.9 Å². The van der Waals surface area contributed by atoms with Gasteiger partial charge in [-0.2, -0.15) is 5.26 Å². The van der Waals surface area contributed by atoms with Crippen molar-refractivity contribution in [2.24, 2.45) is 0 Å². The van der Waals surface area contributed by atoms with E-state index in [1.165, 1.54) is 0 Å². The second-order valence-electron chi connectivity index (χ2n) is 6.52. The average Bonchev–Trinajstić information content (AvgIpc) is 3.21. The van der Waals surface area contributed by atoms with Crippen LogP contribution in [0.25, 0.3) is 0 Å². The van der Waals surface area contributed by atoms with Crippen LogP contribution in [0.15, 0.2) is 48.5 Å². The molecule has 1 aliphatic rings. The molecular formula is C21H23N3O3. The number of amides is 1. The van der Waals surface area contributed by atoms with Gasteiger partial charge in [0.1, 0.15) is 18.4 Å². The maximum Gasteiger partial charge on any atom is 0.246 e. The summed E-state index contributed by atoms with van der Waals surface area (Å²) in [6, 6.07) is 16.0. The van der Waals surface area contributed by atoms with E-state index < -0.39 is 6.04 Å². The van der Waals surface area contributed by atoms with Crippen LogP contribution >= 0.6 is 0 Å². The number of benzene rings is 2. The highest BCUT2D eigenvalue weighted by Crippen LogP contribution is 2.19. The van der Waals surface area contributed by atoms with Gasteiger partial charge in [0.25, 0.3) is 0 Å². The molecule has 1 amide bonds. The minimum atomic E-state index is -0.436. The molecule has 0 spiro atoms. The van der Waals surface area contributed by atoms with Crippen LogP contribution in [0.3, 0.4) is 0 Å². The van der Waals surface area contributed by atoms with Crippen LogP contribution in [0, 0.1) is 11.3 Å². The second kappa shape index (κ2) is 9.06. The number of nitrogens with one attached hydrogen (secondary N) is 2. The summed E-state index contributed by atoms with van der Waals surface area (Å²) in [5.41, 5.74) is 1.94. The zero-order chi connectivity index (χ0) is 19.1. The van der Waals surface area contributed by atoms with Crippen molar-refractivity contribution in [1.82, 2.24) is 0 Å². The normalized spacial score (nSPS) is 17.0. The van der Waals surface area contributed by atoms with Gasteiger partial charge < -0.3 is 20.1 Å². The fourth-order valence-corrected chi connectivity index (χ4v) is 2.84. The Balaban J connectivity index is 1.49. The number of carbonyl (C=O) groups is 1. The standard InChI is InChI=1S/C21H23N3O3/c1-15(21(25)24-18-5-2-4-16(12-18)13-22)23-17-7-9-19(10-8-17)27-14-20-6-3-11-26-20/h2,4-5,7-10,12,15,20,23H,3,6,11,14H2,1H3,(H,24,25). The van der Waals surface area contributed by atoms with E-state index in [4.69, 9.17) is 14.7 Å². The van der Waals surface area contributed by atoms with Gasteiger partial charge >= 0.3 is 0 Å². The Kier molecular flexibility index (Phi) is 6.29. The van der Waals surface area contributed by atoms with Crippen molar-refractivity contribution in [3.05, 3.63) is 54.1 Å². The SMILES string of the molecule is CC(Nc1ccc(OCC2CCCO2)cc1)C(=O)Nc1cccc(C#N)c1. The minimum Gasteiger partial charge on any atom is -0.491 e. The monoisotopic (exact) mass is 365 g/mol. The summed E-state index contributed by atoms with van der Waals surface area (Å²) < 4.78 is 11.3. The fourth-order valence-electron chi connectivity index (χ4n) is 2.84. The molecule has 1 fully saturated rings. The Morgan fingerprint density at radius 2 is 2.11 bits per heavy atom. The molecule has 1 aliphatic heterocycles. The van der Waals surface area contributed by atoms with Gasteiger partial charge in [0, 0.05) is 18.0 Å². The first-order valence-corrected chi connectivity index (χ1v) is 9.06. The average molecular weight is 365 g/mol. The summed E-state index contributed by atoms with van der Waals surface area (Å²) in [6.07, 6.45) is 2.33. The first-order valence-electron chi connectivity index (χ1n) is 9.06. The van der Waals surface area contributed by atoms with E-state index >= 15 is 0 Å². The van der Waals surface area contributed by atoms with Crippen molar-refractivity contribution in [3.8, 4) is 11.8 Å². The van der Waals surface area contributed by atoms with Crippen LogP contribution in [0.4, 0.5) is 11.4 Å². The van der Waals surface area contributed by atoms with Crippen molar-refractivity contribution in [3.63, 3.8) is 0 Å². The van der Waals surface area contributed by atoms with Gasteiger partial charge in [0.05, 0.1) is 17.7 Å². The highest BCUT2D eigenvalue weighted by atomic mass is 16.5. The number of nitrogens with zero attached hydrogens (tertiary/aromatic N) is 1. The Bertz CT molecular complexity index is 808. The summed E-state index contributed by atoms with van der Waals surface area (Å²) in [7, 11) is 0. The number of hydrogen-bond donors (Lipinski definition) is 2. The lowest BCUT2D eigenvalue weighted by Gasteiger charge is -2.16. The fraction of sp³-hybridized carbons (Fsp3) is 0.333. The molecule has 0 aromatic heterocycles. The molecule has 2 N–H and O–H groups in total. The van der Waals surface area contributed by atoms with Gasteiger partial charge in [-0.3, -0.25) is 4.79 Å². The van der Waals surface area contributed by atoms with Crippen molar-refractivity contribution in [1.29, 1.82) is 5.26 Å². The van der Waals surface area contributed by atoms with Gasteiger partial charge in [0.2, 0.25) is 5.91 Å². The predicted octanol–water partition coefficient (Wildman–Crippen LogP) is 3.56. The largest absolute Gasteiger partial charge is 0.491 e. The minimum absolute atomic E-state index is 0.177. The zero-order valence-electron chi connectivity index (χ0n) is 15.3. The van der Waals surface area contributed by atoms with E-state index in [1.54, 1.807) is 31.2 Å². The molecule has 0 saturated carbocycles. The molecule has 6 nitrogen and oxygen atoms in total. The Morgan fingerprint density at radius 3 is 2.81 bits per heavy atom. The van der Waals surface area contributed by atoms with Gasteiger partial charge in [-0.25, -0.2) is 0 Å². The first-order chi connectivity index (χ1) is 13.1. The lowest BCUT2D eigenvalue weighted by molar-refractivity contribution is -0.116. The van der Waals surface area contributed by atoms with Crippen LogP contribution in [0.2, 0.25) is 0 Å². The van der Waals surface area contributed by atoms with Crippen molar-refractivity contribution in [2.75, 3.05) is 23.8 Å². The van der Waals surface area contributed by atoms with E-state index in [2.05, 4.69) is 16.7 Å². The van der Waals surface area contributed by atoms with Crippen molar-refractivity contribution < 1.29 is 14.3 Å². The molecule has 27 heavy (non-hydrogen) atoms. The number of ether oxygens (including phenoxy) is 2. The van der Waals surface area contributed by atoms with Crippen LogP contribution in [-0.2, 0) is 9.53 Å². The summed E-state index contributed by atoms with van der Waals surface area (Å²) >= 11 is 0. The van der Waals surface area contributed by atoms with Gasteiger partial charge in [-0.05, 0) is 62.2 Å². The highest BCUT2D eigenvalue weighted by molar-refractivity contribution is 5.96. The Morgan fingerprint density at radius 1 is 1.30 bits per heavy atom. The van der Waals surface area contributed by atoms with E-state index in [1.807, 2.05) is 24.3 Å². The summed E-state index contributed by atoms with van der Waals surface area (Å²) in [5, 5.41) is 14.9. The molecule has 1 heterocycles. The number of anilines is 2. The first kappa shape index (κ1) is 18.7. The lowest BCUT2D eigenvalue weighted by Crippen LogP contribution is -2.31. The Hall–Kier alpha value is -3.04. The van der Waals surface area contributed by atoms with Crippen LogP contribution in [0.5, 0.6) is 5.75 Å². The third-order valence-corrected chi connectivity index (χ3v) is 4.35. The molecule has 1 saturated heterocycles. The van der Waals surface area contributed by atoms with Crippen LogP contribution in [0.1, 0.15) is 25.3 Å². The van der Waals surface area contributed by atoms with E-state index in [-0.39, 0.29) is 12.0 Å². The molecule has 140 valence electrons. The third kappa shape index (κ3) is 5.47. The molecule has 0 radical (unpaired) electrons. The molecule has 6 heteroatoms. The lowest BCUT2D eigenvalue weighted by atomic mass is 10.2. The molecule has 2 unspecified atom stereocenters. The smallest absolute Gasteiger partial charge is 0.246 e.